The van der Waals surface area contributed by atoms with Gasteiger partial charge in [0.25, 0.3) is 11.8 Å². The van der Waals surface area contributed by atoms with Gasteiger partial charge in [-0.2, -0.15) is 5.26 Å². The van der Waals surface area contributed by atoms with Crippen molar-refractivity contribution in [3.8, 4) is 6.07 Å². The Morgan fingerprint density at radius 1 is 1.17 bits per heavy atom. The molecule has 1 aromatic carbocycles. The Labute approximate surface area is 137 Å². The van der Waals surface area contributed by atoms with E-state index < -0.39 is 0 Å². The summed E-state index contributed by atoms with van der Waals surface area (Å²) in [6, 6.07) is 8.89. The average Bonchev–Trinajstić information content (AvgIpc) is 2.45. The summed E-state index contributed by atoms with van der Waals surface area (Å²) in [5.41, 5.74) is 0.628. The maximum atomic E-state index is 12.1. The van der Waals surface area contributed by atoms with Gasteiger partial charge in [-0.25, -0.2) is 0 Å². The molecule has 0 aliphatic rings. The van der Waals surface area contributed by atoms with Crippen LogP contribution >= 0.6 is 0 Å². The van der Waals surface area contributed by atoms with Crippen LogP contribution in [0.25, 0.3) is 0 Å². The molecule has 1 rings (SSSR count). The van der Waals surface area contributed by atoms with E-state index in [-0.39, 0.29) is 30.4 Å². The van der Waals surface area contributed by atoms with Crippen molar-refractivity contribution in [3.05, 3.63) is 29.8 Å². The molecule has 1 unspecified atom stereocenters. The molecule has 0 fully saturated rings. The second-order valence-electron chi connectivity index (χ2n) is 6.46. The monoisotopic (exact) mass is 317 g/mol. The van der Waals surface area contributed by atoms with Crippen LogP contribution in [0.15, 0.2) is 24.3 Å². The lowest BCUT2D eigenvalue weighted by atomic mass is 10.1. The van der Waals surface area contributed by atoms with E-state index in [1.165, 1.54) is 0 Å². The molecule has 0 spiro atoms. The summed E-state index contributed by atoms with van der Waals surface area (Å²) < 4.78 is 0. The molecule has 1 aromatic rings. The third kappa shape index (κ3) is 6.94. The molecule has 3 N–H and O–H groups in total. The Hall–Kier alpha value is -2.39. The van der Waals surface area contributed by atoms with Gasteiger partial charge in [-0.15, -0.1) is 0 Å². The largest absolute Gasteiger partial charge is 0.347 e. The van der Waals surface area contributed by atoms with Crippen LogP contribution in [-0.2, 0) is 9.59 Å². The SMILES string of the molecule is CC[NH+](CC(=O)Nc1ccccc1C#N)CC(=O)NC(C)(C)C. The number of carbonyl (C=O) groups is 2. The van der Waals surface area contributed by atoms with Gasteiger partial charge >= 0.3 is 0 Å². The minimum Gasteiger partial charge on any atom is -0.347 e. The number of likely N-dealkylation sites (N-methyl/N-ethyl adjacent to an activating group) is 1. The standard InChI is InChI=1S/C17H24N4O2/c1-5-21(12-16(23)20-17(2,3)4)11-15(22)19-14-9-7-6-8-13(14)10-18/h6-9H,5,11-12H2,1-4H3,(H,19,22)(H,20,23)/p+1. The summed E-state index contributed by atoms with van der Waals surface area (Å²) in [4.78, 5) is 25.0. The van der Waals surface area contributed by atoms with Gasteiger partial charge in [-0.1, -0.05) is 12.1 Å². The fourth-order valence-corrected chi connectivity index (χ4v) is 2.11. The number of carbonyl (C=O) groups excluding carboxylic acids is 2. The number of amides is 2. The van der Waals surface area contributed by atoms with Gasteiger partial charge in [0.15, 0.2) is 13.1 Å². The Morgan fingerprint density at radius 2 is 1.78 bits per heavy atom. The second kappa shape index (κ2) is 8.30. The molecule has 0 radical (unpaired) electrons. The number of nitriles is 1. The number of anilines is 1. The molecule has 0 heterocycles. The van der Waals surface area contributed by atoms with Gasteiger partial charge in [0, 0.05) is 5.54 Å². The highest BCUT2D eigenvalue weighted by Gasteiger charge is 2.20. The normalized spacial score (nSPS) is 12.1. The average molecular weight is 317 g/mol. The number of quaternary nitrogens is 1. The third-order valence-corrected chi connectivity index (χ3v) is 3.16. The Balaban J connectivity index is 2.60. The predicted octanol–water partition coefficient (Wildman–Crippen LogP) is 0.316. The first kappa shape index (κ1) is 18.7. The van der Waals surface area contributed by atoms with Gasteiger partial charge in [-0.05, 0) is 39.8 Å². The first-order chi connectivity index (χ1) is 10.7. The van der Waals surface area contributed by atoms with Gasteiger partial charge in [-0.3, -0.25) is 9.59 Å². The summed E-state index contributed by atoms with van der Waals surface area (Å²) in [7, 11) is 0. The van der Waals surface area contributed by atoms with Gasteiger partial charge in [0.05, 0.1) is 17.8 Å². The van der Waals surface area contributed by atoms with Crippen LogP contribution in [0, 0.1) is 11.3 Å². The van der Waals surface area contributed by atoms with Crippen molar-refractivity contribution >= 4 is 17.5 Å². The number of rotatable bonds is 6. The van der Waals surface area contributed by atoms with Crippen LogP contribution in [-0.4, -0.2) is 37.0 Å². The molecule has 1 atom stereocenters. The van der Waals surface area contributed by atoms with Crippen LogP contribution in [0.3, 0.4) is 0 Å². The van der Waals surface area contributed by atoms with Crippen LogP contribution in [0.5, 0.6) is 0 Å². The number of benzene rings is 1. The molecule has 0 bridgehead atoms. The highest BCUT2D eigenvalue weighted by atomic mass is 16.2. The first-order valence-corrected chi connectivity index (χ1v) is 7.68. The number of nitrogens with zero attached hydrogens (tertiary/aromatic N) is 1. The highest BCUT2D eigenvalue weighted by Crippen LogP contribution is 2.12. The Kier molecular flexibility index (Phi) is 6.73. The Morgan fingerprint density at radius 3 is 2.35 bits per heavy atom. The van der Waals surface area contributed by atoms with E-state index in [1.54, 1.807) is 24.3 Å². The van der Waals surface area contributed by atoms with Crippen LogP contribution in [0.1, 0.15) is 33.3 Å². The maximum absolute atomic E-state index is 12.1. The van der Waals surface area contributed by atoms with E-state index in [1.807, 2.05) is 33.8 Å². The van der Waals surface area contributed by atoms with E-state index in [9.17, 15) is 9.59 Å². The van der Waals surface area contributed by atoms with Crippen molar-refractivity contribution in [1.82, 2.24) is 5.32 Å². The molecule has 0 saturated carbocycles. The van der Waals surface area contributed by atoms with Crippen molar-refractivity contribution in [3.63, 3.8) is 0 Å². The number of para-hydroxylation sites is 1. The lowest BCUT2D eigenvalue weighted by Gasteiger charge is -2.23. The number of hydrogen-bond donors (Lipinski definition) is 3. The van der Waals surface area contributed by atoms with Crippen LogP contribution in [0.2, 0.25) is 0 Å². The molecular formula is C17H25N4O2+. The fraction of sp³-hybridized carbons (Fsp3) is 0.471. The van der Waals surface area contributed by atoms with Crippen molar-refractivity contribution in [1.29, 1.82) is 5.26 Å². The summed E-state index contributed by atoms with van der Waals surface area (Å²) >= 11 is 0. The summed E-state index contributed by atoms with van der Waals surface area (Å²) in [5, 5.41) is 14.7. The molecule has 6 heteroatoms. The first-order valence-electron chi connectivity index (χ1n) is 7.68. The maximum Gasteiger partial charge on any atom is 0.279 e. The predicted molar refractivity (Wildman–Crippen MR) is 88.9 cm³/mol. The molecule has 6 nitrogen and oxygen atoms in total. The van der Waals surface area contributed by atoms with Crippen molar-refractivity contribution < 1.29 is 14.5 Å². The van der Waals surface area contributed by atoms with Gasteiger partial charge in [0.2, 0.25) is 0 Å². The minimum absolute atomic E-state index is 0.0837. The highest BCUT2D eigenvalue weighted by molar-refractivity contribution is 5.92. The summed E-state index contributed by atoms with van der Waals surface area (Å²) in [6.07, 6.45) is 0. The van der Waals surface area contributed by atoms with Crippen LogP contribution in [0.4, 0.5) is 5.69 Å². The quantitative estimate of drug-likeness (QED) is 0.706. The van der Waals surface area contributed by atoms with Crippen molar-refractivity contribution in [2.24, 2.45) is 0 Å². The van der Waals surface area contributed by atoms with E-state index in [0.29, 0.717) is 17.8 Å². The number of hydrogen-bond acceptors (Lipinski definition) is 3. The fourth-order valence-electron chi connectivity index (χ4n) is 2.11. The summed E-state index contributed by atoms with van der Waals surface area (Å²) in [5.74, 6) is -0.298. The lowest BCUT2D eigenvalue weighted by molar-refractivity contribution is -0.881. The van der Waals surface area contributed by atoms with E-state index in [2.05, 4.69) is 10.6 Å². The minimum atomic E-state index is -0.288. The zero-order valence-electron chi connectivity index (χ0n) is 14.2. The van der Waals surface area contributed by atoms with E-state index in [0.717, 1.165) is 4.90 Å². The second-order valence-corrected chi connectivity index (χ2v) is 6.46. The molecular weight excluding hydrogens is 292 g/mol. The lowest BCUT2D eigenvalue weighted by Crippen LogP contribution is -3.14. The zero-order valence-corrected chi connectivity index (χ0v) is 14.2. The smallest absolute Gasteiger partial charge is 0.279 e. The van der Waals surface area contributed by atoms with Crippen molar-refractivity contribution in [2.45, 2.75) is 33.2 Å². The van der Waals surface area contributed by atoms with E-state index >= 15 is 0 Å². The zero-order chi connectivity index (χ0) is 17.5. The van der Waals surface area contributed by atoms with Crippen LogP contribution < -0.4 is 15.5 Å². The van der Waals surface area contributed by atoms with Crippen molar-refractivity contribution in [2.75, 3.05) is 25.0 Å². The van der Waals surface area contributed by atoms with Gasteiger partial charge in [0.1, 0.15) is 6.07 Å². The molecule has 0 aromatic heterocycles. The van der Waals surface area contributed by atoms with Gasteiger partial charge < -0.3 is 15.5 Å². The molecule has 0 saturated heterocycles. The molecule has 23 heavy (non-hydrogen) atoms. The topological polar surface area (TPSA) is 86.4 Å². The third-order valence-electron chi connectivity index (χ3n) is 3.16. The summed E-state index contributed by atoms with van der Waals surface area (Å²) in [6.45, 7) is 8.75. The molecule has 124 valence electrons. The van der Waals surface area contributed by atoms with E-state index in [4.69, 9.17) is 5.26 Å². The Bertz CT molecular complexity index is 599. The number of nitrogens with one attached hydrogen (secondary N) is 3. The molecule has 0 aliphatic heterocycles. The molecule has 0 aliphatic carbocycles. The molecule has 2 amide bonds.